The lowest BCUT2D eigenvalue weighted by Gasteiger charge is -2.34. The maximum absolute atomic E-state index is 12.8. The molecule has 0 aromatic heterocycles. The van der Waals surface area contributed by atoms with Crippen molar-refractivity contribution in [3.05, 3.63) is 41.0 Å². The predicted octanol–water partition coefficient (Wildman–Crippen LogP) is 3.62. The molecule has 0 saturated carbocycles. The molecule has 33 heavy (non-hydrogen) atoms. The van der Waals surface area contributed by atoms with Gasteiger partial charge in [0, 0.05) is 18.3 Å². The van der Waals surface area contributed by atoms with Crippen molar-refractivity contribution in [1.29, 1.82) is 0 Å². The molecule has 5 rings (SSSR count). The molecular weight excluding hydrogens is 428 g/mol. The molecule has 2 aromatic carbocycles. The van der Waals surface area contributed by atoms with Crippen molar-refractivity contribution in [3.8, 4) is 28.7 Å². The van der Waals surface area contributed by atoms with E-state index in [1.165, 1.54) is 14.2 Å². The number of fused-ring (bicyclic) bond motifs is 3. The fourth-order valence-electron chi connectivity index (χ4n) is 5.05. The molecule has 174 valence electrons. The molecule has 2 aromatic rings. The highest BCUT2D eigenvalue weighted by Crippen LogP contribution is 2.52. The highest BCUT2D eigenvalue weighted by Gasteiger charge is 2.48. The van der Waals surface area contributed by atoms with E-state index in [-0.39, 0.29) is 48.7 Å². The number of hydrogen-bond donors (Lipinski definition) is 0. The van der Waals surface area contributed by atoms with Crippen molar-refractivity contribution in [2.24, 2.45) is 11.8 Å². The highest BCUT2D eigenvalue weighted by atomic mass is 16.7. The third-order valence-corrected chi connectivity index (χ3v) is 6.54. The Morgan fingerprint density at radius 2 is 1.73 bits per heavy atom. The number of esters is 2. The quantitative estimate of drug-likeness (QED) is 0.483. The first-order valence-corrected chi connectivity index (χ1v) is 11.1. The van der Waals surface area contributed by atoms with Crippen LogP contribution in [0.1, 0.15) is 42.4 Å². The van der Waals surface area contributed by atoms with Crippen molar-refractivity contribution in [3.63, 3.8) is 0 Å². The number of methoxy groups -OCH3 is 2. The largest absolute Gasteiger partial charge is 0.493 e. The van der Waals surface area contributed by atoms with Gasteiger partial charge in [0.05, 0.1) is 26.7 Å². The maximum atomic E-state index is 12.8. The van der Waals surface area contributed by atoms with Gasteiger partial charge in [-0.2, -0.15) is 0 Å². The van der Waals surface area contributed by atoms with Crippen LogP contribution in [-0.4, -0.2) is 39.6 Å². The molecule has 0 radical (unpaired) electrons. The van der Waals surface area contributed by atoms with Gasteiger partial charge in [-0.15, -0.1) is 0 Å². The summed E-state index contributed by atoms with van der Waals surface area (Å²) < 4.78 is 33.4. The molecule has 1 saturated heterocycles. The number of carbonyl (C=O) groups excluding carboxylic acids is 2. The summed E-state index contributed by atoms with van der Waals surface area (Å²) >= 11 is 0. The Morgan fingerprint density at radius 3 is 2.39 bits per heavy atom. The molecule has 3 atom stereocenters. The zero-order valence-corrected chi connectivity index (χ0v) is 18.8. The summed E-state index contributed by atoms with van der Waals surface area (Å²) in [7, 11) is 3.02. The zero-order valence-electron chi connectivity index (χ0n) is 18.8. The number of benzene rings is 2. The van der Waals surface area contributed by atoms with E-state index in [9.17, 15) is 9.59 Å². The fourth-order valence-corrected chi connectivity index (χ4v) is 5.05. The average molecular weight is 454 g/mol. The van der Waals surface area contributed by atoms with Crippen LogP contribution >= 0.6 is 0 Å². The predicted molar refractivity (Wildman–Crippen MR) is 116 cm³/mol. The van der Waals surface area contributed by atoms with Gasteiger partial charge in [-0.25, -0.2) is 0 Å². The van der Waals surface area contributed by atoms with Gasteiger partial charge in [-0.05, 0) is 53.8 Å². The average Bonchev–Trinajstić information content (AvgIpc) is 3.42. The van der Waals surface area contributed by atoms with Gasteiger partial charge in [-0.1, -0.05) is 6.92 Å². The van der Waals surface area contributed by atoms with Crippen LogP contribution in [0, 0.1) is 11.8 Å². The Labute approximate surface area is 191 Å². The minimum atomic E-state index is -0.364. The van der Waals surface area contributed by atoms with Gasteiger partial charge in [0.25, 0.3) is 0 Å². The zero-order chi connectivity index (χ0) is 23.1. The van der Waals surface area contributed by atoms with E-state index in [0.29, 0.717) is 36.0 Å². The standard InChI is InChI=1S/C25H26O8/c1-4-5-21(26)33-24-19(28-2)8-14(9-20(24)29-3)22-16-10-18-17(31-12-32-18)7-13(16)6-15-11-30-25(27)23(15)22/h7-10,15,22-23H,4-6,11-12H2,1-3H3/t15-,22+,23-/m0/s1. The molecule has 0 unspecified atom stereocenters. The van der Waals surface area contributed by atoms with Crippen molar-refractivity contribution in [2.75, 3.05) is 27.6 Å². The molecule has 0 bridgehead atoms. The molecule has 3 aliphatic rings. The van der Waals surface area contributed by atoms with Crippen LogP contribution in [0.5, 0.6) is 28.7 Å². The summed E-state index contributed by atoms with van der Waals surface area (Å²) in [6.07, 6.45) is 1.67. The Hall–Kier alpha value is -3.42. The lowest BCUT2D eigenvalue weighted by Crippen LogP contribution is -2.31. The van der Waals surface area contributed by atoms with Gasteiger partial charge in [0.1, 0.15) is 0 Å². The Morgan fingerprint density at radius 1 is 1.03 bits per heavy atom. The van der Waals surface area contributed by atoms with Gasteiger partial charge in [-0.3, -0.25) is 9.59 Å². The molecule has 0 N–H and O–H groups in total. The van der Waals surface area contributed by atoms with Crippen LogP contribution in [0.3, 0.4) is 0 Å². The molecular formula is C25H26O8. The molecule has 0 amide bonds. The molecule has 2 aliphatic heterocycles. The summed E-state index contributed by atoms with van der Waals surface area (Å²) in [6.45, 7) is 2.47. The second-order valence-corrected chi connectivity index (χ2v) is 8.48. The highest BCUT2D eigenvalue weighted by molar-refractivity contribution is 5.79. The molecule has 0 spiro atoms. The molecule has 1 fully saturated rings. The summed E-state index contributed by atoms with van der Waals surface area (Å²) in [6, 6.07) is 7.57. The minimum Gasteiger partial charge on any atom is -0.493 e. The van der Waals surface area contributed by atoms with E-state index < -0.39 is 0 Å². The van der Waals surface area contributed by atoms with E-state index in [1.807, 2.05) is 31.2 Å². The van der Waals surface area contributed by atoms with Crippen LogP contribution in [0.25, 0.3) is 0 Å². The topological polar surface area (TPSA) is 89.5 Å². The van der Waals surface area contributed by atoms with Crippen LogP contribution in [0.2, 0.25) is 0 Å². The number of rotatable bonds is 6. The summed E-state index contributed by atoms with van der Waals surface area (Å²) in [5.74, 6) is 1.16. The summed E-state index contributed by atoms with van der Waals surface area (Å²) in [5, 5.41) is 0. The molecule has 8 heteroatoms. The second-order valence-electron chi connectivity index (χ2n) is 8.48. The Balaban J connectivity index is 1.64. The lowest BCUT2D eigenvalue weighted by molar-refractivity contribution is -0.141. The number of carbonyl (C=O) groups is 2. The smallest absolute Gasteiger partial charge is 0.311 e. The van der Waals surface area contributed by atoms with Crippen molar-refractivity contribution >= 4 is 11.9 Å². The van der Waals surface area contributed by atoms with E-state index in [1.54, 1.807) is 0 Å². The summed E-state index contributed by atoms with van der Waals surface area (Å²) in [5.41, 5.74) is 2.90. The van der Waals surface area contributed by atoms with Gasteiger partial charge in [0.2, 0.25) is 12.5 Å². The number of hydrogen-bond acceptors (Lipinski definition) is 8. The van der Waals surface area contributed by atoms with Crippen LogP contribution in [0.4, 0.5) is 0 Å². The Bertz CT molecular complexity index is 1080. The van der Waals surface area contributed by atoms with E-state index >= 15 is 0 Å². The first-order valence-electron chi connectivity index (χ1n) is 11.1. The molecule has 2 heterocycles. The van der Waals surface area contributed by atoms with Crippen LogP contribution < -0.4 is 23.7 Å². The Kier molecular flexibility index (Phi) is 5.52. The third-order valence-electron chi connectivity index (χ3n) is 6.54. The van der Waals surface area contributed by atoms with Crippen molar-refractivity contribution in [2.45, 2.75) is 32.1 Å². The van der Waals surface area contributed by atoms with Gasteiger partial charge in [0.15, 0.2) is 23.0 Å². The van der Waals surface area contributed by atoms with Gasteiger partial charge >= 0.3 is 11.9 Å². The van der Waals surface area contributed by atoms with Crippen LogP contribution in [0.15, 0.2) is 24.3 Å². The molecule has 8 nitrogen and oxygen atoms in total. The van der Waals surface area contributed by atoms with E-state index in [2.05, 4.69) is 0 Å². The SMILES string of the molecule is CCCC(=O)Oc1c(OC)cc([C@@H]2c3cc4c(cc3C[C@H]3COC(=O)[C@@H]32)OCO4)cc1OC. The minimum absolute atomic E-state index is 0.0504. The van der Waals surface area contributed by atoms with Crippen molar-refractivity contribution in [1.82, 2.24) is 0 Å². The van der Waals surface area contributed by atoms with Crippen LogP contribution in [-0.2, 0) is 20.7 Å². The normalized spacial score (nSPS) is 22.3. The summed E-state index contributed by atoms with van der Waals surface area (Å²) in [4.78, 5) is 25.0. The van der Waals surface area contributed by atoms with E-state index in [4.69, 9.17) is 28.4 Å². The third kappa shape index (κ3) is 3.63. The number of ether oxygens (including phenoxy) is 6. The fraction of sp³-hybridized carbons (Fsp3) is 0.440. The monoisotopic (exact) mass is 454 g/mol. The maximum Gasteiger partial charge on any atom is 0.311 e. The number of cyclic esters (lactones) is 1. The van der Waals surface area contributed by atoms with E-state index in [0.717, 1.165) is 23.1 Å². The molecule has 1 aliphatic carbocycles. The first kappa shape index (κ1) is 21.4. The van der Waals surface area contributed by atoms with Gasteiger partial charge < -0.3 is 28.4 Å². The van der Waals surface area contributed by atoms with Crippen molar-refractivity contribution < 1.29 is 38.0 Å². The second kappa shape index (κ2) is 8.50. The first-order chi connectivity index (χ1) is 16.0. The lowest BCUT2D eigenvalue weighted by atomic mass is 9.67.